The molecule has 0 atom stereocenters. The SMILES string of the molecule is CCCOc1ccc(NC(=O)N2CCN(CCO)CC2)cc1-c1nc2scc(C)c2c(=O)[nH]1. The number of carbonyl (C=O) groups excluding carboxylic acids is 1. The molecular weight excluding hydrogens is 442 g/mol. The van der Waals surface area contributed by atoms with Crippen molar-refractivity contribution in [3.05, 3.63) is 39.5 Å². The third-order valence-electron chi connectivity index (χ3n) is 5.65. The Morgan fingerprint density at radius 1 is 1.30 bits per heavy atom. The van der Waals surface area contributed by atoms with Crippen LogP contribution in [0.4, 0.5) is 10.5 Å². The Bertz CT molecular complexity index is 1180. The molecule has 0 unspecified atom stereocenters. The van der Waals surface area contributed by atoms with Crippen LogP contribution >= 0.6 is 11.3 Å². The van der Waals surface area contributed by atoms with Crippen LogP contribution in [0, 0.1) is 6.92 Å². The number of piperazine rings is 1. The van der Waals surface area contributed by atoms with Crippen molar-refractivity contribution in [2.45, 2.75) is 20.3 Å². The summed E-state index contributed by atoms with van der Waals surface area (Å²) in [5, 5.41) is 14.6. The number of aromatic amines is 1. The number of amides is 2. The highest BCUT2D eigenvalue weighted by Crippen LogP contribution is 2.32. The monoisotopic (exact) mass is 471 g/mol. The van der Waals surface area contributed by atoms with Gasteiger partial charge in [0.15, 0.2) is 0 Å². The first-order chi connectivity index (χ1) is 16.0. The molecule has 3 aromatic rings. The number of carbonyl (C=O) groups is 1. The first-order valence-electron chi connectivity index (χ1n) is 11.1. The van der Waals surface area contributed by atoms with E-state index in [0.29, 0.717) is 59.3 Å². The van der Waals surface area contributed by atoms with Crippen LogP contribution in [0.2, 0.25) is 0 Å². The first-order valence-corrected chi connectivity index (χ1v) is 12.0. The quantitative estimate of drug-likeness (QED) is 0.489. The van der Waals surface area contributed by atoms with Crippen molar-refractivity contribution in [2.24, 2.45) is 0 Å². The Balaban J connectivity index is 1.59. The maximum Gasteiger partial charge on any atom is 0.321 e. The average Bonchev–Trinajstić information content (AvgIpc) is 3.20. The van der Waals surface area contributed by atoms with Gasteiger partial charge in [-0.05, 0) is 42.5 Å². The largest absolute Gasteiger partial charge is 0.493 e. The van der Waals surface area contributed by atoms with Gasteiger partial charge in [0.1, 0.15) is 16.4 Å². The number of hydrogen-bond donors (Lipinski definition) is 3. The van der Waals surface area contributed by atoms with Gasteiger partial charge in [-0.2, -0.15) is 0 Å². The Labute approximate surface area is 196 Å². The highest BCUT2D eigenvalue weighted by Gasteiger charge is 2.21. The van der Waals surface area contributed by atoms with Gasteiger partial charge in [0.05, 0.1) is 24.2 Å². The molecule has 0 saturated carbocycles. The molecule has 0 bridgehead atoms. The molecule has 0 aliphatic carbocycles. The number of rotatable bonds is 7. The van der Waals surface area contributed by atoms with Crippen LogP contribution < -0.4 is 15.6 Å². The molecule has 2 aromatic heterocycles. The van der Waals surface area contributed by atoms with E-state index in [1.165, 1.54) is 11.3 Å². The van der Waals surface area contributed by atoms with Crippen molar-refractivity contribution in [1.82, 2.24) is 19.8 Å². The van der Waals surface area contributed by atoms with E-state index in [1.807, 2.05) is 19.2 Å². The Morgan fingerprint density at radius 2 is 2.09 bits per heavy atom. The topological polar surface area (TPSA) is 111 Å². The standard InChI is InChI=1S/C23H29N5O4S/c1-3-12-32-18-5-4-16(24-23(31)28-8-6-27(7-9-28)10-11-29)13-17(18)20-25-21(30)19-15(2)14-33-22(19)26-20/h4-5,13-14,29H,3,6-12H2,1-2H3,(H,24,31)(H,25,26,30). The predicted molar refractivity (Wildman–Crippen MR) is 130 cm³/mol. The third kappa shape index (κ3) is 5.18. The molecule has 2 amide bonds. The Morgan fingerprint density at radius 3 is 2.82 bits per heavy atom. The number of anilines is 1. The molecule has 0 radical (unpaired) electrons. The second-order valence-electron chi connectivity index (χ2n) is 8.06. The van der Waals surface area contributed by atoms with Gasteiger partial charge in [-0.25, -0.2) is 9.78 Å². The number of aromatic nitrogens is 2. The minimum absolute atomic E-state index is 0.119. The summed E-state index contributed by atoms with van der Waals surface area (Å²) in [5.41, 5.74) is 1.93. The summed E-state index contributed by atoms with van der Waals surface area (Å²) in [4.78, 5) is 37.6. The fourth-order valence-electron chi connectivity index (χ4n) is 3.87. The summed E-state index contributed by atoms with van der Waals surface area (Å²) in [6, 6.07) is 5.19. The minimum atomic E-state index is -0.189. The van der Waals surface area contributed by atoms with Crippen molar-refractivity contribution in [2.75, 3.05) is 51.3 Å². The van der Waals surface area contributed by atoms with E-state index in [4.69, 9.17) is 9.84 Å². The number of fused-ring (bicyclic) bond motifs is 1. The molecule has 1 aliphatic rings. The van der Waals surface area contributed by atoms with Crippen LogP contribution in [0.15, 0.2) is 28.4 Å². The maximum atomic E-state index is 12.8. The van der Waals surface area contributed by atoms with Gasteiger partial charge in [0.2, 0.25) is 0 Å². The number of thiophene rings is 1. The molecule has 3 N–H and O–H groups in total. The maximum absolute atomic E-state index is 12.8. The van der Waals surface area contributed by atoms with E-state index in [1.54, 1.807) is 23.1 Å². The zero-order valence-electron chi connectivity index (χ0n) is 18.9. The van der Waals surface area contributed by atoms with Crippen LogP contribution in [0.25, 0.3) is 21.6 Å². The van der Waals surface area contributed by atoms with Crippen molar-refractivity contribution >= 4 is 33.3 Å². The number of hydrogen-bond acceptors (Lipinski definition) is 7. The van der Waals surface area contributed by atoms with E-state index < -0.39 is 0 Å². The summed E-state index contributed by atoms with van der Waals surface area (Å²) < 4.78 is 5.90. The number of benzene rings is 1. The first kappa shape index (κ1) is 23.2. The number of aliphatic hydroxyl groups excluding tert-OH is 1. The highest BCUT2D eigenvalue weighted by atomic mass is 32.1. The second-order valence-corrected chi connectivity index (χ2v) is 8.91. The summed E-state index contributed by atoms with van der Waals surface area (Å²) in [6.07, 6.45) is 0.841. The smallest absolute Gasteiger partial charge is 0.321 e. The van der Waals surface area contributed by atoms with E-state index in [-0.39, 0.29) is 18.2 Å². The molecule has 10 heteroatoms. The number of H-pyrrole nitrogens is 1. The van der Waals surface area contributed by atoms with E-state index in [2.05, 4.69) is 20.2 Å². The fourth-order valence-corrected chi connectivity index (χ4v) is 4.79. The molecule has 1 aliphatic heterocycles. The lowest BCUT2D eigenvalue weighted by Gasteiger charge is -2.34. The van der Waals surface area contributed by atoms with Gasteiger partial charge in [0, 0.05) is 38.4 Å². The zero-order valence-corrected chi connectivity index (χ0v) is 19.7. The van der Waals surface area contributed by atoms with Crippen LogP contribution in [0.5, 0.6) is 5.75 Å². The van der Waals surface area contributed by atoms with Crippen molar-refractivity contribution in [3.8, 4) is 17.1 Å². The molecule has 3 heterocycles. The van der Waals surface area contributed by atoms with Gasteiger partial charge < -0.3 is 25.0 Å². The number of aliphatic hydroxyl groups is 1. The Hall–Kier alpha value is -2.95. The van der Waals surface area contributed by atoms with Crippen molar-refractivity contribution in [1.29, 1.82) is 0 Å². The van der Waals surface area contributed by atoms with E-state index >= 15 is 0 Å². The zero-order chi connectivity index (χ0) is 23.4. The van der Waals surface area contributed by atoms with Gasteiger partial charge in [-0.1, -0.05) is 6.92 Å². The van der Waals surface area contributed by atoms with Crippen molar-refractivity contribution < 1.29 is 14.6 Å². The summed E-state index contributed by atoms with van der Waals surface area (Å²) >= 11 is 1.43. The van der Waals surface area contributed by atoms with Crippen molar-refractivity contribution in [3.63, 3.8) is 0 Å². The van der Waals surface area contributed by atoms with Crippen LogP contribution in [0.3, 0.4) is 0 Å². The molecule has 0 spiro atoms. The fraction of sp³-hybridized carbons (Fsp3) is 0.435. The van der Waals surface area contributed by atoms with Gasteiger partial charge >= 0.3 is 6.03 Å². The minimum Gasteiger partial charge on any atom is -0.493 e. The predicted octanol–water partition coefficient (Wildman–Crippen LogP) is 2.89. The molecule has 1 saturated heterocycles. The normalized spacial score (nSPS) is 14.6. The summed E-state index contributed by atoms with van der Waals surface area (Å²) in [6.45, 7) is 7.84. The number of nitrogens with one attached hydrogen (secondary N) is 2. The summed E-state index contributed by atoms with van der Waals surface area (Å²) in [7, 11) is 0. The lowest BCUT2D eigenvalue weighted by molar-refractivity contribution is 0.127. The van der Waals surface area contributed by atoms with Crippen LogP contribution in [-0.4, -0.2) is 76.8 Å². The van der Waals surface area contributed by atoms with E-state index in [9.17, 15) is 9.59 Å². The second kappa shape index (κ2) is 10.3. The molecule has 9 nitrogen and oxygen atoms in total. The van der Waals surface area contributed by atoms with Crippen LogP contribution in [0.1, 0.15) is 18.9 Å². The van der Waals surface area contributed by atoms with Crippen LogP contribution in [-0.2, 0) is 0 Å². The Kier molecular flexibility index (Phi) is 7.26. The lowest BCUT2D eigenvalue weighted by atomic mass is 10.1. The van der Waals surface area contributed by atoms with Gasteiger partial charge in [-0.3, -0.25) is 9.69 Å². The summed E-state index contributed by atoms with van der Waals surface area (Å²) in [5.74, 6) is 1.01. The third-order valence-corrected chi connectivity index (χ3v) is 6.64. The van der Waals surface area contributed by atoms with E-state index in [0.717, 1.165) is 25.1 Å². The molecule has 1 aromatic carbocycles. The molecular formula is C23H29N5O4S. The molecule has 176 valence electrons. The number of nitrogens with zero attached hydrogens (tertiary/aromatic N) is 3. The highest BCUT2D eigenvalue weighted by molar-refractivity contribution is 7.16. The van der Waals surface area contributed by atoms with Gasteiger partial charge in [0.25, 0.3) is 5.56 Å². The number of aryl methyl sites for hydroxylation is 1. The number of ether oxygens (including phenoxy) is 1. The van der Waals surface area contributed by atoms with Gasteiger partial charge in [-0.15, -0.1) is 11.3 Å². The number of urea groups is 1. The molecule has 1 fully saturated rings. The number of β-amino-alcohol motifs (C(OH)–C–C–N with tert-alkyl or cyclic N) is 1. The molecule has 4 rings (SSSR count). The average molecular weight is 472 g/mol. The molecule has 33 heavy (non-hydrogen) atoms. The lowest BCUT2D eigenvalue weighted by Crippen LogP contribution is -2.50.